The molecule has 0 bridgehead atoms. The van der Waals surface area contributed by atoms with Crippen LogP contribution in [-0.2, 0) is 6.54 Å². The van der Waals surface area contributed by atoms with Gasteiger partial charge in [-0.25, -0.2) is 4.39 Å². The third-order valence-electron chi connectivity index (χ3n) is 2.22. The zero-order valence-electron chi connectivity index (χ0n) is 8.87. The van der Waals surface area contributed by atoms with Gasteiger partial charge in [-0.05, 0) is 18.2 Å². The largest absolute Gasteiger partial charge is 0.495 e. The Morgan fingerprint density at radius 2 is 2.25 bits per heavy atom. The minimum atomic E-state index is -0.296. The summed E-state index contributed by atoms with van der Waals surface area (Å²) in [5.41, 5.74) is 1.62. The Labute approximate surface area is 92.8 Å². The number of anilines is 1. The van der Waals surface area contributed by atoms with Crippen LogP contribution >= 0.6 is 0 Å². The maximum absolute atomic E-state index is 13.0. The van der Waals surface area contributed by atoms with Crippen LogP contribution in [-0.4, -0.2) is 7.11 Å². The highest BCUT2D eigenvalue weighted by molar-refractivity contribution is 5.56. The van der Waals surface area contributed by atoms with Crippen molar-refractivity contribution in [3.8, 4) is 5.75 Å². The monoisotopic (exact) mass is 221 g/mol. The van der Waals surface area contributed by atoms with E-state index in [-0.39, 0.29) is 5.82 Å². The van der Waals surface area contributed by atoms with Crippen LogP contribution in [0.2, 0.25) is 0 Å². The van der Waals surface area contributed by atoms with Crippen LogP contribution < -0.4 is 10.1 Å². The summed E-state index contributed by atoms with van der Waals surface area (Å²) in [6, 6.07) is 6.20. The minimum Gasteiger partial charge on any atom is -0.495 e. The fourth-order valence-corrected chi connectivity index (χ4v) is 1.41. The van der Waals surface area contributed by atoms with Crippen LogP contribution in [0.15, 0.2) is 41.2 Å². The second-order valence-corrected chi connectivity index (χ2v) is 3.33. The smallest absolute Gasteiger partial charge is 0.142 e. The van der Waals surface area contributed by atoms with Gasteiger partial charge in [0.15, 0.2) is 0 Å². The Morgan fingerprint density at radius 3 is 2.94 bits per heavy atom. The number of hydrogen-bond donors (Lipinski definition) is 1. The van der Waals surface area contributed by atoms with E-state index in [1.807, 2.05) is 6.07 Å². The summed E-state index contributed by atoms with van der Waals surface area (Å²) in [6.07, 6.45) is 3.23. The molecular formula is C12H12FNO2. The summed E-state index contributed by atoms with van der Waals surface area (Å²) in [4.78, 5) is 0. The molecule has 2 rings (SSSR count). The molecule has 1 aromatic carbocycles. The SMILES string of the molecule is COc1ccc(F)cc1NCc1ccoc1. The fraction of sp³-hybridized carbons (Fsp3) is 0.167. The van der Waals surface area contributed by atoms with E-state index in [0.29, 0.717) is 18.0 Å². The van der Waals surface area contributed by atoms with E-state index in [2.05, 4.69) is 5.32 Å². The summed E-state index contributed by atoms with van der Waals surface area (Å²) in [5.74, 6) is 0.320. The molecule has 84 valence electrons. The molecule has 0 amide bonds. The predicted molar refractivity (Wildman–Crippen MR) is 59.0 cm³/mol. The van der Waals surface area contributed by atoms with Crippen molar-refractivity contribution in [2.45, 2.75) is 6.54 Å². The second kappa shape index (κ2) is 4.70. The molecular weight excluding hydrogens is 209 g/mol. The van der Waals surface area contributed by atoms with Crippen molar-refractivity contribution in [2.75, 3.05) is 12.4 Å². The molecule has 0 aliphatic carbocycles. The molecule has 0 saturated carbocycles. The summed E-state index contributed by atoms with van der Waals surface area (Å²) in [6.45, 7) is 0.566. The molecule has 1 aromatic heterocycles. The van der Waals surface area contributed by atoms with Gasteiger partial charge in [0.1, 0.15) is 11.6 Å². The van der Waals surface area contributed by atoms with Crippen molar-refractivity contribution in [1.29, 1.82) is 0 Å². The molecule has 0 aliphatic rings. The molecule has 1 N–H and O–H groups in total. The maximum atomic E-state index is 13.0. The standard InChI is InChI=1S/C12H12FNO2/c1-15-12-3-2-10(13)6-11(12)14-7-9-4-5-16-8-9/h2-6,8,14H,7H2,1H3. The Hall–Kier alpha value is -1.97. The van der Waals surface area contributed by atoms with Crippen molar-refractivity contribution in [1.82, 2.24) is 0 Å². The molecule has 0 atom stereocenters. The topological polar surface area (TPSA) is 34.4 Å². The predicted octanol–water partition coefficient (Wildman–Crippen LogP) is 3.04. The number of furan rings is 1. The number of halogens is 1. The highest BCUT2D eigenvalue weighted by Crippen LogP contribution is 2.25. The first-order valence-electron chi connectivity index (χ1n) is 4.88. The van der Waals surface area contributed by atoms with Crippen LogP contribution in [0.1, 0.15) is 5.56 Å². The van der Waals surface area contributed by atoms with Crippen molar-refractivity contribution >= 4 is 5.69 Å². The van der Waals surface area contributed by atoms with Crippen LogP contribution in [0.4, 0.5) is 10.1 Å². The molecule has 0 fully saturated rings. The second-order valence-electron chi connectivity index (χ2n) is 3.33. The molecule has 0 aliphatic heterocycles. The molecule has 3 nitrogen and oxygen atoms in total. The molecule has 0 radical (unpaired) electrons. The number of ether oxygens (including phenoxy) is 1. The van der Waals surface area contributed by atoms with E-state index in [1.54, 1.807) is 25.7 Å². The van der Waals surface area contributed by atoms with Gasteiger partial charge in [-0.3, -0.25) is 0 Å². The number of methoxy groups -OCH3 is 1. The van der Waals surface area contributed by atoms with E-state index in [0.717, 1.165) is 5.56 Å². The van der Waals surface area contributed by atoms with Gasteiger partial charge < -0.3 is 14.5 Å². The molecule has 1 heterocycles. The highest BCUT2D eigenvalue weighted by atomic mass is 19.1. The lowest BCUT2D eigenvalue weighted by Crippen LogP contribution is -2.00. The van der Waals surface area contributed by atoms with Crippen LogP contribution in [0.3, 0.4) is 0 Å². The van der Waals surface area contributed by atoms with Crippen molar-refractivity contribution in [3.63, 3.8) is 0 Å². The van der Waals surface area contributed by atoms with Gasteiger partial charge in [-0.1, -0.05) is 0 Å². The van der Waals surface area contributed by atoms with Gasteiger partial charge in [-0.15, -0.1) is 0 Å². The van der Waals surface area contributed by atoms with E-state index in [4.69, 9.17) is 9.15 Å². The van der Waals surface area contributed by atoms with Crippen molar-refractivity contribution in [2.24, 2.45) is 0 Å². The summed E-state index contributed by atoms with van der Waals surface area (Å²) < 4.78 is 23.1. The zero-order chi connectivity index (χ0) is 11.4. The maximum Gasteiger partial charge on any atom is 0.142 e. The van der Waals surface area contributed by atoms with E-state index >= 15 is 0 Å². The average molecular weight is 221 g/mol. The number of hydrogen-bond acceptors (Lipinski definition) is 3. The Kier molecular flexibility index (Phi) is 3.10. The highest BCUT2D eigenvalue weighted by Gasteiger charge is 2.04. The van der Waals surface area contributed by atoms with E-state index in [9.17, 15) is 4.39 Å². The van der Waals surface area contributed by atoms with E-state index in [1.165, 1.54) is 12.1 Å². The third-order valence-corrected chi connectivity index (χ3v) is 2.22. The van der Waals surface area contributed by atoms with Gasteiger partial charge in [0, 0.05) is 18.2 Å². The number of rotatable bonds is 4. The lowest BCUT2D eigenvalue weighted by Gasteiger charge is -2.10. The van der Waals surface area contributed by atoms with Gasteiger partial charge in [0.05, 0.1) is 25.3 Å². The molecule has 16 heavy (non-hydrogen) atoms. The lowest BCUT2D eigenvalue weighted by molar-refractivity contribution is 0.415. The Bertz CT molecular complexity index is 454. The van der Waals surface area contributed by atoms with Crippen molar-refractivity contribution in [3.05, 3.63) is 48.2 Å². The molecule has 0 saturated heterocycles. The first kappa shape index (κ1) is 10.5. The lowest BCUT2D eigenvalue weighted by atomic mass is 10.2. The normalized spacial score (nSPS) is 10.1. The molecule has 0 spiro atoms. The molecule has 2 aromatic rings. The summed E-state index contributed by atoms with van der Waals surface area (Å²) in [7, 11) is 1.55. The fourth-order valence-electron chi connectivity index (χ4n) is 1.41. The molecule has 0 unspecified atom stereocenters. The van der Waals surface area contributed by atoms with Gasteiger partial charge in [0.25, 0.3) is 0 Å². The van der Waals surface area contributed by atoms with E-state index < -0.39 is 0 Å². The Morgan fingerprint density at radius 1 is 1.38 bits per heavy atom. The van der Waals surface area contributed by atoms with Crippen LogP contribution in [0.25, 0.3) is 0 Å². The van der Waals surface area contributed by atoms with Crippen LogP contribution in [0, 0.1) is 5.82 Å². The first-order valence-corrected chi connectivity index (χ1v) is 4.88. The summed E-state index contributed by atoms with van der Waals surface area (Å²) in [5, 5.41) is 3.08. The quantitative estimate of drug-likeness (QED) is 0.861. The molecule has 4 heteroatoms. The average Bonchev–Trinajstić information content (AvgIpc) is 2.79. The summed E-state index contributed by atoms with van der Waals surface area (Å²) >= 11 is 0. The van der Waals surface area contributed by atoms with Crippen LogP contribution in [0.5, 0.6) is 5.75 Å². The number of nitrogens with one attached hydrogen (secondary N) is 1. The Balaban J connectivity index is 2.11. The number of benzene rings is 1. The zero-order valence-corrected chi connectivity index (χ0v) is 8.87. The van der Waals surface area contributed by atoms with Gasteiger partial charge in [-0.2, -0.15) is 0 Å². The van der Waals surface area contributed by atoms with Crippen molar-refractivity contribution < 1.29 is 13.5 Å². The first-order chi connectivity index (χ1) is 7.79. The van der Waals surface area contributed by atoms with Gasteiger partial charge in [0.2, 0.25) is 0 Å². The third kappa shape index (κ3) is 2.34. The minimum absolute atomic E-state index is 0.296. The van der Waals surface area contributed by atoms with Gasteiger partial charge >= 0.3 is 0 Å².